The van der Waals surface area contributed by atoms with Gasteiger partial charge in [-0.15, -0.1) is 0 Å². The van der Waals surface area contributed by atoms with Crippen LogP contribution in [0.15, 0.2) is 18.2 Å². The number of ether oxygens (including phenoxy) is 1. The zero-order valence-corrected chi connectivity index (χ0v) is 12.2. The van der Waals surface area contributed by atoms with Gasteiger partial charge in [-0.05, 0) is 42.9 Å². The summed E-state index contributed by atoms with van der Waals surface area (Å²) in [6.45, 7) is 4.48. The molecule has 0 amide bonds. The molecule has 3 heteroatoms. The molecule has 1 aliphatic heterocycles. The van der Waals surface area contributed by atoms with Crippen molar-refractivity contribution in [3.63, 3.8) is 0 Å². The number of benzene rings is 1. The highest BCUT2D eigenvalue weighted by Gasteiger charge is 2.48. The lowest BCUT2D eigenvalue weighted by atomic mass is 9.67. The van der Waals surface area contributed by atoms with Crippen LogP contribution in [0.1, 0.15) is 49.9 Å². The van der Waals surface area contributed by atoms with E-state index in [1.54, 1.807) is 12.1 Å². The molecule has 1 aliphatic carbocycles. The molecule has 2 aliphatic rings. The van der Waals surface area contributed by atoms with E-state index in [0.29, 0.717) is 34.6 Å². The predicted octanol–water partition coefficient (Wildman–Crippen LogP) is 4.50. The second-order valence-corrected chi connectivity index (χ2v) is 6.50. The quantitative estimate of drug-likeness (QED) is 0.698. The maximum Gasteiger partial charge on any atom is 0.170 e. The number of rotatable bonds is 0. The van der Waals surface area contributed by atoms with Crippen molar-refractivity contribution in [3.8, 4) is 5.75 Å². The molecule has 1 spiro atoms. The second kappa shape index (κ2) is 4.52. The number of carbonyl (C=O) groups excluding carboxylic acids is 1. The zero-order valence-electron chi connectivity index (χ0n) is 11.4. The van der Waals surface area contributed by atoms with Crippen LogP contribution in [0.5, 0.6) is 5.75 Å². The summed E-state index contributed by atoms with van der Waals surface area (Å²) in [6, 6.07) is 5.36. The summed E-state index contributed by atoms with van der Waals surface area (Å²) in [5, 5.41) is 0.594. The van der Waals surface area contributed by atoms with E-state index in [1.165, 1.54) is 6.42 Å². The van der Waals surface area contributed by atoms with Gasteiger partial charge in [0.2, 0.25) is 0 Å². The van der Waals surface area contributed by atoms with E-state index in [1.807, 2.05) is 6.07 Å². The second-order valence-electron chi connectivity index (χ2n) is 6.07. The minimum Gasteiger partial charge on any atom is -0.486 e. The molecule has 1 aromatic carbocycles. The van der Waals surface area contributed by atoms with Crippen molar-refractivity contribution >= 4 is 17.4 Å². The summed E-state index contributed by atoms with van der Waals surface area (Å²) in [6.07, 6.45) is 3.84. The fraction of sp³-hybridized carbons (Fsp3) is 0.562. The summed E-state index contributed by atoms with van der Waals surface area (Å²) >= 11 is 5.96. The summed E-state index contributed by atoms with van der Waals surface area (Å²) in [7, 11) is 0. The number of Topliss-reactive ketones (excluding diaryl/α,β-unsaturated/α-hetero) is 1. The van der Waals surface area contributed by atoms with Gasteiger partial charge in [0.05, 0.1) is 12.0 Å². The van der Waals surface area contributed by atoms with Gasteiger partial charge in [0.1, 0.15) is 11.4 Å². The minimum absolute atomic E-state index is 0.171. The van der Waals surface area contributed by atoms with Crippen molar-refractivity contribution in [3.05, 3.63) is 28.8 Å². The molecule has 0 N–H and O–H groups in total. The fourth-order valence-corrected chi connectivity index (χ4v) is 3.72. The summed E-state index contributed by atoms with van der Waals surface area (Å²) in [4.78, 5) is 12.4. The van der Waals surface area contributed by atoms with Crippen LogP contribution < -0.4 is 4.74 Å². The summed E-state index contributed by atoms with van der Waals surface area (Å²) in [5.41, 5.74) is 0.346. The largest absolute Gasteiger partial charge is 0.486 e. The molecule has 0 saturated heterocycles. The fourth-order valence-electron chi connectivity index (χ4n) is 3.54. The first-order chi connectivity index (χ1) is 9.02. The van der Waals surface area contributed by atoms with E-state index >= 15 is 0 Å². The maximum absolute atomic E-state index is 12.4. The molecule has 0 aromatic heterocycles. The smallest absolute Gasteiger partial charge is 0.170 e. The Kier molecular flexibility index (Phi) is 3.09. The lowest BCUT2D eigenvalue weighted by Gasteiger charge is -2.47. The van der Waals surface area contributed by atoms with Gasteiger partial charge in [0.15, 0.2) is 5.78 Å². The molecule has 1 saturated carbocycles. The van der Waals surface area contributed by atoms with Crippen LogP contribution >= 0.6 is 11.6 Å². The van der Waals surface area contributed by atoms with E-state index < -0.39 is 0 Å². The van der Waals surface area contributed by atoms with Crippen LogP contribution in [0, 0.1) is 11.8 Å². The standard InChI is InChI=1S/C16H19ClO2/c1-10-4-3-7-16(11(10)2)9-14(18)13-8-12(17)5-6-15(13)19-16/h5-6,8,10-11H,3-4,7,9H2,1-2H3. The first-order valence-corrected chi connectivity index (χ1v) is 7.41. The van der Waals surface area contributed by atoms with Crippen LogP contribution in [-0.4, -0.2) is 11.4 Å². The van der Waals surface area contributed by atoms with E-state index in [2.05, 4.69) is 13.8 Å². The van der Waals surface area contributed by atoms with Gasteiger partial charge in [0, 0.05) is 5.02 Å². The maximum atomic E-state index is 12.4. The Morgan fingerprint density at radius 2 is 2.16 bits per heavy atom. The van der Waals surface area contributed by atoms with Crippen LogP contribution in [0.25, 0.3) is 0 Å². The molecule has 1 aromatic rings. The minimum atomic E-state index is -0.296. The Morgan fingerprint density at radius 3 is 2.95 bits per heavy atom. The number of halogens is 1. The van der Waals surface area contributed by atoms with Crippen molar-refractivity contribution < 1.29 is 9.53 Å². The third-order valence-electron chi connectivity index (χ3n) is 4.96. The van der Waals surface area contributed by atoms with E-state index in [4.69, 9.17) is 16.3 Å². The highest BCUT2D eigenvalue weighted by atomic mass is 35.5. The van der Waals surface area contributed by atoms with Gasteiger partial charge in [-0.1, -0.05) is 31.9 Å². The first kappa shape index (κ1) is 13.0. The van der Waals surface area contributed by atoms with Gasteiger partial charge in [0.25, 0.3) is 0 Å². The summed E-state index contributed by atoms with van der Waals surface area (Å²) in [5.74, 6) is 1.90. The Hall–Kier alpha value is -1.02. The summed E-state index contributed by atoms with van der Waals surface area (Å²) < 4.78 is 6.29. The van der Waals surface area contributed by atoms with Crippen LogP contribution in [0.3, 0.4) is 0 Å². The lowest BCUT2D eigenvalue weighted by Crippen LogP contribution is -2.51. The Labute approximate surface area is 119 Å². The normalized spacial score (nSPS) is 33.9. The van der Waals surface area contributed by atoms with Crippen LogP contribution in [0.2, 0.25) is 5.02 Å². The molecular weight excluding hydrogens is 260 g/mol. The highest BCUT2D eigenvalue weighted by molar-refractivity contribution is 6.31. The molecule has 0 radical (unpaired) electrons. The molecule has 1 fully saturated rings. The SMILES string of the molecule is CC1CCCC2(CC(=O)c3cc(Cl)ccc3O2)C1C. The molecule has 0 bridgehead atoms. The van der Waals surface area contributed by atoms with E-state index in [-0.39, 0.29) is 11.4 Å². The number of carbonyl (C=O) groups is 1. The van der Waals surface area contributed by atoms with E-state index in [9.17, 15) is 4.79 Å². The van der Waals surface area contributed by atoms with Crippen molar-refractivity contribution in [2.24, 2.45) is 11.8 Å². The average molecular weight is 279 g/mol. The zero-order chi connectivity index (χ0) is 13.6. The number of hydrogen-bond donors (Lipinski definition) is 0. The Bertz CT molecular complexity index is 525. The van der Waals surface area contributed by atoms with Gasteiger partial charge in [-0.25, -0.2) is 0 Å². The monoisotopic (exact) mass is 278 g/mol. The van der Waals surface area contributed by atoms with Gasteiger partial charge >= 0.3 is 0 Å². The number of hydrogen-bond acceptors (Lipinski definition) is 2. The highest BCUT2D eigenvalue weighted by Crippen LogP contribution is 2.47. The third-order valence-corrected chi connectivity index (χ3v) is 5.19. The van der Waals surface area contributed by atoms with Crippen molar-refractivity contribution in [1.82, 2.24) is 0 Å². The first-order valence-electron chi connectivity index (χ1n) is 7.04. The van der Waals surface area contributed by atoms with Crippen LogP contribution in [0.4, 0.5) is 0 Å². The van der Waals surface area contributed by atoms with Crippen molar-refractivity contribution in [2.75, 3.05) is 0 Å². The van der Waals surface area contributed by atoms with Crippen molar-refractivity contribution in [1.29, 1.82) is 0 Å². The number of ketones is 1. The topological polar surface area (TPSA) is 26.3 Å². The van der Waals surface area contributed by atoms with Crippen LogP contribution in [-0.2, 0) is 0 Å². The van der Waals surface area contributed by atoms with Gasteiger partial charge in [-0.2, -0.15) is 0 Å². The Balaban J connectivity index is 2.00. The molecule has 3 atom stereocenters. The van der Waals surface area contributed by atoms with Gasteiger partial charge < -0.3 is 4.74 Å². The molecule has 3 unspecified atom stereocenters. The van der Waals surface area contributed by atoms with Crippen molar-refractivity contribution in [2.45, 2.75) is 45.1 Å². The third kappa shape index (κ3) is 2.06. The van der Waals surface area contributed by atoms with E-state index in [0.717, 1.165) is 12.8 Å². The van der Waals surface area contributed by atoms with Gasteiger partial charge in [-0.3, -0.25) is 4.79 Å². The average Bonchev–Trinajstić information content (AvgIpc) is 2.37. The molecule has 1 heterocycles. The number of fused-ring (bicyclic) bond motifs is 1. The molecule has 2 nitrogen and oxygen atoms in total. The molecule has 102 valence electrons. The molecule has 19 heavy (non-hydrogen) atoms. The predicted molar refractivity (Wildman–Crippen MR) is 75.9 cm³/mol. The molecular formula is C16H19ClO2. The molecule has 3 rings (SSSR count). The Morgan fingerprint density at radius 1 is 1.37 bits per heavy atom. The lowest BCUT2D eigenvalue weighted by molar-refractivity contribution is -0.0466.